The molecule has 0 spiro atoms. The van der Waals surface area contributed by atoms with Crippen LogP contribution in [0.1, 0.15) is 78.9 Å². The van der Waals surface area contributed by atoms with Gasteiger partial charge < -0.3 is 28.5 Å². The van der Waals surface area contributed by atoms with Gasteiger partial charge in [-0.25, -0.2) is 9.59 Å². The minimum Gasteiger partial charge on any atom is -0.482 e. The van der Waals surface area contributed by atoms with Gasteiger partial charge in [0.1, 0.15) is 41.5 Å². The molecule has 5 rings (SSSR count). The van der Waals surface area contributed by atoms with Crippen LogP contribution in [0.2, 0.25) is 0 Å². The second-order valence-corrected chi connectivity index (χ2v) is 12.9. The van der Waals surface area contributed by atoms with Gasteiger partial charge in [0.25, 0.3) is 0 Å². The fraction of sp³-hybridized carbons (Fsp3) is 0.559. The average molecular weight is 622 g/mol. The largest absolute Gasteiger partial charge is 0.482 e. The lowest BCUT2D eigenvalue weighted by molar-refractivity contribution is -0.270. The van der Waals surface area contributed by atoms with Crippen molar-refractivity contribution in [2.24, 2.45) is 22.7 Å². The van der Waals surface area contributed by atoms with Gasteiger partial charge in [0.15, 0.2) is 0 Å². The molecule has 0 bridgehead atoms. The molecule has 1 aliphatic heterocycles. The van der Waals surface area contributed by atoms with Crippen LogP contribution in [0.25, 0.3) is 11.3 Å². The van der Waals surface area contributed by atoms with Crippen LogP contribution in [0.5, 0.6) is 5.75 Å². The Morgan fingerprint density at radius 1 is 1.13 bits per heavy atom. The number of nitrogens with zero attached hydrogens (tertiary/aromatic N) is 1. The van der Waals surface area contributed by atoms with E-state index < -0.39 is 70.1 Å². The summed E-state index contributed by atoms with van der Waals surface area (Å²) in [5.41, 5.74) is -3.29. The van der Waals surface area contributed by atoms with Gasteiger partial charge in [-0.15, -0.1) is 0 Å². The standard InChI is InChI=1S/C34H39NO10/c1-7-8-11-27(38)44-26-16-24-32(4,13-12-25(42-20(3)37)33(24,5)18-41-19(2)36)30-29(39)28-23(45-34(26,30)6)15-22(43-31(28)40)21-10-9-14-35-17-21/h9-10,14-15,17,24-26,29-30,39H,7,12-13,16,18H2,1-6H3/t24-,25+,26+,29+,30-,32+,33+,34-/m1/s1. The Labute approximate surface area is 261 Å². The summed E-state index contributed by atoms with van der Waals surface area (Å²) in [6.07, 6.45) is 1.71. The molecule has 3 heterocycles. The lowest BCUT2D eigenvalue weighted by Gasteiger charge is -2.66. The van der Waals surface area contributed by atoms with E-state index in [4.69, 9.17) is 23.4 Å². The molecule has 2 aliphatic carbocycles. The molecule has 2 saturated carbocycles. The summed E-state index contributed by atoms with van der Waals surface area (Å²) in [5, 5.41) is 12.2. The first-order valence-electron chi connectivity index (χ1n) is 15.2. The Morgan fingerprint density at radius 2 is 1.89 bits per heavy atom. The van der Waals surface area contributed by atoms with Gasteiger partial charge in [0.05, 0.1) is 6.10 Å². The number of aromatic nitrogens is 1. The summed E-state index contributed by atoms with van der Waals surface area (Å²) in [4.78, 5) is 54.8. The molecule has 2 aromatic heterocycles. The number of hydrogen-bond acceptors (Lipinski definition) is 11. The van der Waals surface area contributed by atoms with Crippen LogP contribution >= 0.6 is 0 Å². The Balaban J connectivity index is 1.67. The van der Waals surface area contributed by atoms with Crippen LogP contribution < -0.4 is 10.4 Å². The highest BCUT2D eigenvalue weighted by molar-refractivity contribution is 5.88. The number of carbonyl (C=O) groups is 3. The Morgan fingerprint density at radius 3 is 2.53 bits per heavy atom. The van der Waals surface area contributed by atoms with E-state index >= 15 is 0 Å². The summed E-state index contributed by atoms with van der Waals surface area (Å²) < 4.78 is 29.7. The molecular formula is C34H39NO10. The van der Waals surface area contributed by atoms with E-state index in [1.807, 2.05) is 20.8 Å². The maximum absolute atomic E-state index is 13.5. The summed E-state index contributed by atoms with van der Waals surface area (Å²) >= 11 is 0. The lowest BCUT2D eigenvalue weighted by atomic mass is 9.42. The number of esters is 3. The summed E-state index contributed by atoms with van der Waals surface area (Å²) in [5.74, 6) is 2.60. The van der Waals surface area contributed by atoms with Crippen LogP contribution in [0, 0.1) is 34.5 Å². The maximum Gasteiger partial charge on any atom is 0.384 e. The zero-order valence-electron chi connectivity index (χ0n) is 26.4. The van der Waals surface area contributed by atoms with Crippen molar-refractivity contribution in [1.82, 2.24) is 4.98 Å². The zero-order valence-corrected chi connectivity index (χ0v) is 26.4. The van der Waals surface area contributed by atoms with Crippen molar-refractivity contribution < 1.29 is 42.9 Å². The predicted octanol–water partition coefficient (Wildman–Crippen LogP) is 4.15. The van der Waals surface area contributed by atoms with Crippen molar-refractivity contribution in [3.05, 3.63) is 46.6 Å². The monoisotopic (exact) mass is 621 g/mol. The quantitative estimate of drug-likeness (QED) is 0.222. The highest BCUT2D eigenvalue weighted by Gasteiger charge is 2.71. The van der Waals surface area contributed by atoms with E-state index in [0.29, 0.717) is 24.8 Å². The Hall–Kier alpha value is -4.17. The molecule has 0 unspecified atom stereocenters. The molecule has 1 N–H and O–H groups in total. The lowest BCUT2D eigenvalue weighted by Crippen LogP contribution is -2.71. The first kappa shape index (κ1) is 32.2. The van der Waals surface area contributed by atoms with Crippen LogP contribution in [0.15, 0.2) is 39.8 Å². The number of pyridine rings is 1. The van der Waals surface area contributed by atoms with E-state index in [1.54, 1.807) is 37.5 Å². The van der Waals surface area contributed by atoms with Crippen LogP contribution in [-0.2, 0) is 28.6 Å². The minimum absolute atomic E-state index is 0.0355. The number of fused-ring (bicyclic) bond motifs is 4. The molecule has 11 nitrogen and oxygen atoms in total. The highest BCUT2D eigenvalue weighted by atomic mass is 16.6. The molecule has 3 aliphatic rings. The molecular weight excluding hydrogens is 582 g/mol. The molecule has 8 atom stereocenters. The average Bonchev–Trinajstić information content (AvgIpc) is 2.97. The number of carbonyl (C=O) groups excluding carboxylic acids is 3. The molecule has 240 valence electrons. The van der Waals surface area contributed by atoms with Gasteiger partial charge in [-0.3, -0.25) is 14.6 Å². The van der Waals surface area contributed by atoms with Crippen molar-refractivity contribution in [3.63, 3.8) is 0 Å². The number of aliphatic hydroxyl groups excluding tert-OH is 1. The van der Waals surface area contributed by atoms with Crippen LogP contribution in [0.4, 0.5) is 0 Å². The number of ether oxygens (including phenoxy) is 4. The van der Waals surface area contributed by atoms with Crippen molar-refractivity contribution in [1.29, 1.82) is 0 Å². The third-order valence-electron chi connectivity index (χ3n) is 10.0. The van der Waals surface area contributed by atoms with Gasteiger partial charge in [-0.05, 0) is 49.7 Å². The normalized spacial score (nSPS) is 33.1. The van der Waals surface area contributed by atoms with E-state index in [1.165, 1.54) is 13.8 Å². The van der Waals surface area contributed by atoms with E-state index in [-0.39, 0.29) is 30.1 Å². The smallest absolute Gasteiger partial charge is 0.384 e. The predicted molar refractivity (Wildman–Crippen MR) is 159 cm³/mol. The maximum atomic E-state index is 13.5. The van der Waals surface area contributed by atoms with E-state index in [9.17, 15) is 24.3 Å². The van der Waals surface area contributed by atoms with Crippen molar-refractivity contribution in [2.75, 3.05) is 6.61 Å². The van der Waals surface area contributed by atoms with Crippen molar-refractivity contribution >= 4 is 17.9 Å². The van der Waals surface area contributed by atoms with Gasteiger partial charge in [-0.2, -0.15) is 0 Å². The highest BCUT2D eigenvalue weighted by Crippen LogP contribution is 2.67. The van der Waals surface area contributed by atoms with Gasteiger partial charge >= 0.3 is 23.5 Å². The van der Waals surface area contributed by atoms with Gasteiger partial charge in [0.2, 0.25) is 0 Å². The second kappa shape index (κ2) is 12.0. The topological polar surface area (TPSA) is 151 Å². The zero-order chi connectivity index (χ0) is 32.7. The molecule has 45 heavy (non-hydrogen) atoms. The third-order valence-corrected chi connectivity index (χ3v) is 10.0. The fourth-order valence-electron chi connectivity index (χ4n) is 8.16. The Kier molecular flexibility index (Phi) is 8.57. The molecule has 0 saturated heterocycles. The summed E-state index contributed by atoms with van der Waals surface area (Å²) in [6.45, 7) is 10.0. The number of aliphatic hydroxyl groups is 1. The first-order chi connectivity index (χ1) is 21.2. The summed E-state index contributed by atoms with van der Waals surface area (Å²) in [7, 11) is 0. The summed E-state index contributed by atoms with van der Waals surface area (Å²) in [6, 6.07) is 4.98. The molecule has 11 heteroatoms. The van der Waals surface area contributed by atoms with Crippen molar-refractivity contribution in [3.8, 4) is 28.9 Å². The van der Waals surface area contributed by atoms with E-state index in [0.717, 1.165) is 0 Å². The third kappa shape index (κ3) is 5.61. The fourth-order valence-corrected chi connectivity index (χ4v) is 8.16. The minimum atomic E-state index is -1.38. The van der Waals surface area contributed by atoms with Crippen molar-refractivity contribution in [2.45, 2.75) is 91.1 Å². The molecule has 0 aromatic carbocycles. The first-order valence-corrected chi connectivity index (χ1v) is 15.2. The molecule has 0 amide bonds. The Bertz CT molecular complexity index is 1610. The molecule has 2 aromatic rings. The second-order valence-electron chi connectivity index (χ2n) is 12.9. The van der Waals surface area contributed by atoms with Gasteiger partial charge in [0, 0.05) is 61.5 Å². The molecule has 2 fully saturated rings. The molecule has 0 radical (unpaired) electrons. The van der Waals surface area contributed by atoms with Crippen LogP contribution in [0.3, 0.4) is 0 Å². The SMILES string of the molecule is CCC#CC(=O)O[C@H]1C[C@H]2[C@](C)(COC(C)=O)[C@@H](OC(C)=O)CC[C@]2(C)[C@H]2[C@@H](O)c3c(cc(-c4cccnc4)oc3=O)O[C@]12C. The van der Waals surface area contributed by atoms with Crippen LogP contribution in [-0.4, -0.2) is 52.4 Å². The van der Waals surface area contributed by atoms with Gasteiger partial charge in [-0.1, -0.05) is 26.7 Å². The number of hydrogen-bond donors (Lipinski definition) is 1. The number of rotatable bonds is 5. The van der Waals surface area contributed by atoms with E-state index in [2.05, 4.69) is 16.8 Å².